The van der Waals surface area contributed by atoms with Gasteiger partial charge in [0.05, 0.1) is 0 Å². The minimum atomic E-state index is 0.194. The highest BCUT2D eigenvalue weighted by Crippen LogP contribution is 2.37. The summed E-state index contributed by atoms with van der Waals surface area (Å²) in [5, 5.41) is 3.01. The molecule has 2 fully saturated rings. The van der Waals surface area contributed by atoms with Crippen molar-refractivity contribution in [1.29, 1.82) is 0 Å². The molecular formula is C17H25N3O. The van der Waals surface area contributed by atoms with E-state index in [-0.39, 0.29) is 11.8 Å². The van der Waals surface area contributed by atoms with E-state index >= 15 is 0 Å². The van der Waals surface area contributed by atoms with E-state index in [2.05, 4.69) is 34.3 Å². The predicted octanol–water partition coefficient (Wildman–Crippen LogP) is 2.73. The van der Waals surface area contributed by atoms with E-state index < -0.39 is 0 Å². The van der Waals surface area contributed by atoms with E-state index in [0.717, 1.165) is 30.9 Å². The van der Waals surface area contributed by atoms with Gasteiger partial charge in [0.25, 0.3) is 0 Å². The van der Waals surface area contributed by atoms with Crippen molar-refractivity contribution in [2.45, 2.75) is 45.6 Å². The number of amides is 1. The Morgan fingerprint density at radius 3 is 2.57 bits per heavy atom. The third-order valence-corrected chi connectivity index (χ3v) is 4.65. The first-order valence-electron chi connectivity index (χ1n) is 8.21. The van der Waals surface area contributed by atoms with Crippen LogP contribution in [0.4, 0.5) is 5.82 Å². The van der Waals surface area contributed by atoms with E-state index in [9.17, 15) is 4.79 Å². The Bertz CT molecular complexity index is 477. The first-order chi connectivity index (χ1) is 10.2. The lowest BCUT2D eigenvalue weighted by Gasteiger charge is -2.21. The average Bonchev–Trinajstić information content (AvgIpc) is 3.28. The average molecular weight is 287 g/mol. The Labute approximate surface area is 126 Å². The van der Waals surface area contributed by atoms with Crippen molar-refractivity contribution in [3.05, 3.63) is 23.9 Å². The fourth-order valence-corrected chi connectivity index (χ4v) is 3.02. The van der Waals surface area contributed by atoms with Crippen molar-refractivity contribution < 1.29 is 4.79 Å². The number of nitrogens with zero attached hydrogens (tertiary/aromatic N) is 2. The summed E-state index contributed by atoms with van der Waals surface area (Å²) < 4.78 is 0. The minimum absolute atomic E-state index is 0.194. The maximum atomic E-state index is 11.8. The molecule has 1 aliphatic carbocycles. The Balaban J connectivity index is 1.52. The van der Waals surface area contributed by atoms with Crippen LogP contribution in [-0.2, 0) is 11.3 Å². The van der Waals surface area contributed by atoms with Crippen LogP contribution in [0.15, 0.2) is 18.3 Å². The summed E-state index contributed by atoms with van der Waals surface area (Å²) in [6.45, 7) is 4.95. The Kier molecular flexibility index (Phi) is 4.42. The second kappa shape index (κ2) is 6.46. The molecule has 1 saturated heterocycles. The van der Waals surface area contributed by atoms with Crippen LogP contribution in [0.5, 0.6) is 0 Å². The Morgan fingerprint density at radius 2 is 2.00 bits per heavy atom. The largest absolute Gasteiger partial charge is 0.357 e. The van der Waals surface area contributed by atoms with Crippen LogP contribution in [0, 0.1) is 11.8 Å². The Hall–Kier alpha value is -1.58. The van der Waals surface area contributed by atoms with Crippen LogP contribution in [0.1, 0.15) is 44.6 Å². The van der Waals surface area contributed by atoms with Gasteiger partial charge < -0.3 is 10.2 Å². The lowest BCUT2D eigenvalue weighted by Crippen LogP contribution is -2.26. The van der Waals surface area contributed by atoms with Gasteiger partial charge >= 0.3 is 0 Å². The highest BCUT2D eigenvalue weighted by molar-refractivity contribution is 5.81. The number of carbonyl (C=O) groups is 1. The third kappa shape index (κ3) is 3.74. The number of hydrogen-bond acceptors (Lipinski definition) is 3. The van der Waals surface area contributed by atoms with Gasteiger partial charge in [-0.3, -0.25) is 4.79 Å². The first kappa shape index (κ1) is 14.4. The van der Waals surface area contributed by atoms with Gasteiger partial charge in [-0.15, -0.1) is 0 Å². The number of rotatable bonds is 4. The van der Waals surface area contributed by atoms with Crippen molar-refractivity contribution in [3.8, 4) is 0 Å². The van der Waals surface area contributed by atoms with Crippen molar-refractivity contribution in [3.63, 3.8) is 0 Å². The zero-order chi connectivity index (χ0) is 14.7. The molecule has 1 aromatic rings. The number of pyridine rings is 1. The van der Waals surface area contributed by atoms with Crippen LogP contribution in [-0.4, -0.2) is 24.0 Å². The second-order valence-corrected chi connectivity index (χ2v) is 6.46. The molecule has 4 heteroatoms. The zero-order valence-electron chi connectivity index (χ0n) is 12.8. The lowest BCUT2D eigenvalue weighted by atomic mass is 10.2. The Morgan fingerprint density at radius 1 is 1.29 bits per heavy atom. The number of anilines is 1. The van der Waals surface area contributed by atoms with E-state index in [0.29, 0.717) is 12.5 Å². The summed E-state index contributed by atoms with van der Waals surface area (Å²) >= 11 is 0. The van der Waals surface area contributed by atoms with Gasteiger partial charge in [0.15, 0.2) is 0 Å². The molecule has 1 amide bonds. The number of hydrogen-bond donors (Lipinski definition) is 1. The van der Waals surface area contributed by atoms with Gasteiger partial charge in [-0.1, -0.05) is 25.8 Å². The first-order valence-corrected chi connectivity index (χ1v) is 8.21. The summed E-state index contributed by atoms with van der Waals surface area (Å²) in [7, 11) is 0. The third-order valence-electron chi connectivity index (χ3n) is 4.65. The number of nitrogens with one attached hydrogen (secondary N) is 1. The standard InChI is InChI=1S/C17H25N3O/c1-13-10-15(13)17(21)19-12-14-6-7-16(18-11-14)20-8-4-2-3-5-9-20/h6-7,11,13,15H,2-5,8-10,12H2,1H3,(H,19,21)/t13-,15-/m1/s1. The molecule has 3 rings (SSSR count). The SMILES string of the molecule is C[C@@H]1C[C@H]1C(=O)NCc1ccc(N2CCCCCC2)nc1. The van der Waals surface area contributed by atoms with E-state index in [1.807, 2.05) is 6.20 Å². The van der Waals surface area contributed by atoms with Crippen molar-refractivity contribution in [1.82, 2.24) is 10.3 Å². The molecule has 2 heterocycles. The maximum Gasteiger partial charge on any atom is 0.223 e. The summed E-state index contributed by atoms with van der Waals surface area (Å²) in [4.78, 5) is 18.8. The highest BCUT2D eigenvalue weighted by atomic mass is 16.2. The predicted molar refractivity (Wildman–Crippen MR) is 84.0 cm³/mol. The molecule has 0 radical (unpaired) electrons. The molecule has 1 N–H and O–H groups in total. The van der Waals surface area contributed by atoms with E-state index in [4.69, 9.17) is 0 Å². The normalized spacial score (nSPS) is 25.3. The van der Waals surface area contributed by atoms with Gasteiger partial charge in [0, 0.05) is 31.7 Å². The smallest absolute Gasteiger partial charge is 0.223 e. The highest BCUT2D eigenvalue weighted by Gasteiger charge is 2.38. The van der Waals surface area contributed by atoms with Gasteiger partial charge in [-0.05, 0) is 36.8 Å². The fraction of sp³-hybridized carbons (Fsp3) is 0.647. The van der Waals surface area contributed by atoms with Crippen LogP contribution in [0.25, 0.3) is 0 Å². The topological polar surface area (TPSA) is 45.2 Å². The molecular weight excluding hydrogens is 262 g/mol. The molecule has 114 valence electrons. The van der Waals surface area contributed by atoms with Crippen LogP contribution in [0.3, 0.4) is 0 Å². The minimum Gasteiger partial charge on any atom is -0.357 e. The number of aromatic nitrogens is 1. The van der Waals surface area contributed by atoms with Crippen molar-refractivity contribution in [2.75, 3.05) is 18.0 Å². The molecule has 1 aromatic heterocycles. The van der Waals surface area contributed by atoms with Crippen molar-refractivity contribution in [2.24, 2.45) is 11.8 Å². The van der Waals surface area contributed by atoms with Crippen molar-refractivity contribution >= 4 is 11.7 Å². The molecule has 2 atom stereocenters. The number of carbonyl (C=O) groups excluding carboxylic acids is 1. The maximum absolute atomic E-state index is 11.8. The molecule has 21 heavy (non-hydrogen) atoms. The zero-order valence-corrected chi connectivity index (χ0v) is 12.8. The molecule has 0 bridgehead atoms. The fourth-order valence-electron chi connectivity index (χ4n) is 3.02. The quantitative estimate of drug-likeness (QED) is 0.926. The molecule has 1 saturated carbocycles. The molecule has 0 unspecified atom stereocenters. The molecule has 0 aromatic carbocycles. The van der Waals surface area contributed by atoms with E-state index in [1.54, 1.807) is 0 Å². The second-order valence-electron chi connectivity index (χ2n) is 6.46. The van der Waals surface area contributed by atoms with Gasteiger partial charge in [0.1, 0.15) is 5.82 Å². The van der Waals surface area contributed by atoms with Crippen LogP contribution >= 0.6 is 0 Å². The summed E-state index contributed by atoms with van der Waals surface area (Å²) in [5.41, 5.74) is 1.08. The van der Waals surface area contributed by atoms with E-state index in [1.165, 1.54) is 25.7 Å². The summed E-state index contributed by atoms with van der Waals surface area (Å²) in [5.74, 6) is 2.07. The molecule has 2 aliphatic rings. The monoisotopic (exact) mass is 287 g/mol. The van der Waals surface area contributed by atoms with Gasteiger partial charge in [-0.25, -0.2) is 4.98 Å². The summed E-state index contributed by atoms with van der Waals surface area (Å²) in [6, 6.07) is 4.18. The van der Waals surface area contributed by atoms with Gasteiger partial charge in [-0.2, -0.15) is 0 Å². The molecule has 4 nitrogen and oxygen atoms in total. The lowest BCUT2D eigenvalue weighted by molar-refractivity contribution is -0.122. The van der Waals surface area contributed by atoms with Crippen LogP contribution in [0.2, 0.25) is 0 Å². The van der Waals surface area contributed by atoms with Gasteiger partial charge in [0.2, 0.25) is 5.91 Å². The molecule has 0 spiro atoms. The van der Waals surface area contributed by atoms with Crippen LogP contribution < -0.4 is 10.2 Å². The molecule has 1 aliphatic heterocycles. The summed E-state index contributed by atoms with van der Waals surface area (Å²) in [6.07, 6.45) is 8.13.